The molecule has 0 atom stereocenters. The maximum absolute atomic E-state index is 13.0. The molecule has 20 heavy (non-hydrogen) atoms. The van der Waals surface area contributed by atoms with Gasteiger partial charge >= 0.3 is 0 Å². The van der Waals surface area contributed by atoms with E-state index in [1.165, 1.54) is 12.1 Å². The fraction of sp³-hybridized carbons (Fsp3) is 0.267. The molecule has 0 unspecified atom stereocenters. The summed E-state index contributed by atoms with van der Waals surface area (Å²) in [5.74, 6) is -0.348. The van der Waals surface area contributed by atoms with Gasteiger partial charge in [-0.2, -0.15) is 0 Å². The van der Waals surface area contributed by atoms with Crippen molar-refractivity contribution in [2.75, 3.05) is 17.3 Å². The second kappa shape index (κ2) is 5.29. The van der Waals surface area contributed by atoms with Crippen molar-refractivity contribution in [3.8, 4) is 5.69 Å². The van der Waals surface area contributed by atoms with Crippen LogP contribution in [0.4, 0.5) is 10.1 Å². The number of carbonyl (C=O) groups excluding carboxylic acids is 1. The van der Waals surface area contributed by atoms with E-state index in [0.717, 1.165) is 29.9 Å². The van der Waals surface area contributed by atoms with Crippen molar-refractivity contribution in [1.29, 1.82) is 0 Å². The monoisotopic (exact) mass is 292 g/mol. The molecule has 104 valence electrons. The molecule has 0 N–H and O–H groups in total. The predicted molar refractivity (Wildman–Crippen MR) is 77.1 cm³/mol. The lowest BCUT2D eigenvalue weighted by atomic mass is 10.1. The van der Waals surface area contributed by atoms with Gasteiger partial charge in [0.15, 0.2) is 0 Å². The van der Waals surface area contributed by atoms with Crippen molar-refractivity contribution in [3.63, 3.8) is 0 Å². The minimum atomic E-state index is -0.256. The molecule has 1 aromatic carbocycles. The van der Waals surface area contributed by atoms with Crippen LogP contribution in [0.3, 0.4) is 0 Å². The third-order valence-electron chi connectivity index (χ3n) is 3.57. The fourth-order valence-electron chi connectivity index (χ4n) is 2.65. The molecule has 0 saturated heterocycles. The quantitative estimate of drug-likeness (QED) is 0.781. The van der Waals surface area contributed by atoms with Crippen LogP contribution in [-0.2, 0) is 11.2 Å². The Morgan fingerprint density at radius 3 is 2.70 bits per heavy atom. The number of carbonyl (C=O) groups is 1. The molecule has 2 heterocycles. The number of aromatic nitrogens is 1. The van der Waals surface area contributed by atoms with E-state index < -0.39 is 0 Å². The number of hydrogen-bond donors (Lipinski definition) is 0. The molecule has 3 rings (SSSR count). The van der Waals surface area contributed by atoms with Crippen LogP contribution in [0.25, 0.3) is 5.69 Å². The topological polar surface area (TPSA) is 25.2 Å². The number of anilines is 1. The summed E-state index contributed by atoms with van der Waals surface area (Å²) in [6.45, 7) is 0.700. The van der Waals surface area contributed by atoms with Gasteiger partial charge in [0, 0.05) is 24.1 Å². The first-order valence-corrected chi connectivity index (χ1v) is 7.06. The number of halogens is 2. The first-order chi connectivity index (χ1) is 9.70. The van der Waals surface area contributed by atoms with Crippen molar-refractivity contribution in [2.45, 2.75) is 12.8 Å². The van der Waals surface area contributed by atoms with Crippen LogP contribution >= 0.6 is 11.6 Å². The SMILES string of the molecule is O=C(CCl)N1CCCc2c1ccn2-c1ccc(F)cc1. The van der Waals surface area contributed by atoms with Gasteiger partial charge in [-0.15, -0.1) is 11.6 Å². The summed E-state index contributed by atoms with van der Waals surface area (Å²) in [7, 11) is 0. The Labute approximate surface area is 121 Å². The predicted octanol–water partition coefficient (Wildman–Crippen LogP) is 3.13. The number of alkyl halides is 1. The minimum Gasteiger partial charge on any atom is -0.319 e. The first-order valence-electron chi connectivity index (χ1n) is 6.53. The molecule has 1 aliphatic heterocycles. The smallest absolute Gasteiger partial charge is 0.241 e. The van der Waals surface area contributed by atoms with Crippen LogP contribution in [0.1, 0.15) is 12.1 Å². The molecule has 1 aromatic heterocycles. The average Bonchev–Trinajstić information content (AvgIpc) is 2.91. The zero-order chi connectivity index (χ0) is 14.1. The van der Waals surface area contributed by atoms with Gasteiger partial charge in [-0.25, -0.2) is 4.39 Å². The summed E-state index contributed by atoms with van der Waals surface area (Å²) in [5, 5.41) is 0. The van der Waals surface area contributed by atoms with Crippen molar-refractivity contribution in [3.05, 3.63) is 48.0 Å². The van der Waals surface area contributed by atoms with Gasteiger partial charge < -0.3 is 9.47 Å². The molecule has 0 bridgehead atoms. The van der Waals surface area contributed by atoms with Gasteiger partial charge in [-0.05, 0) is 43.2 Å². The van der Waals surface area contributed by atoms with E-state index in [1.54, 1.807) is 17.0 Å². The molecule has 0 saturated carbocycles. The maximum Gasteiger partial charge on any atom is 0.241 e. The van der Waals surface area contributed by atoms with E-state index in [-0.39, 0.29) is 17.6 Å². The summed E-state index contributed by atoms with van der Waals surface area (Å²) >= 11 is 5.65. The minimum absolute atomic E-state index is 0.0127. The summed E-state index contributed by atoms with van der Waals surface area (Å²) in [4.78, 5) is 13.6. The van der Waals surface area contributed by atoms with Crippen LogP contribution < -0.4 is 4.90 Å². The van der Waals surface area contributed by atoms with Crippen molar-refractivity contribution < 1.29 is 9.18 Å². The summed E-state index contributed by atoms with van der Waals surface area (Å²) in [5.41, 5.74) is 2.88. The average molecular weight is 293 g/mol. The highest BCUT2D eigenvalue weighted by Gasteiger charge is 2.24. The Morgan fingerprint density at radius 1 is 1.25 bits per heavy atom. The van der Waals surface area contributed by atoms with Crippen LogP contribution in [0.2, 0.25) is 0 Å². The molecular weight excluding hydrogens is 279 g/mol. The van der Waals surface area contributed by atoms with E-state index in [1.807, 2.05) is 16.8 Å². The van der Waals surface area contributed by atoms with Crippen molar-refractivity contribution in [1.82, 2.24) is 4.57 Å². The molecule has 0 spiro atoms. The van der Waals surface area contributed by atoms with Gasteiger partial charge in [0.05, 0.1) is 5.69 Å². The van der Waals surface area contributed by atoms with Crippen LogP contribution in [0, 0.1) is 5.82 Å². The van der Waals surface area contributed by atoms with Gasteiger partial charge in [-0.3, -0.25) is 4.79 Å². The zero-order valence-electron chi connectivity index (χ0n) is 10.9. The van der Waals surface area contributed by atoms with Crippen LogP contribution in [-0.4, -0.2) is 22.9 Å². The number of benzene rings is 1. The highest BCUT2D eigenvalue weighted by atomic mass is 35.5. The van der Waals surface area contributed by atoms with E-state index in [2.05, 4.69) is 0 Å². The van der Waals surface area contributed by atoms with E-state index in [4.69, 9.17) is 11.6 Å². The molecule has 5 heteroatoms. The van der Waals surface area contributed by atoms with E-state index in [9.17, 15) is 9.18 Å². The molecule has 3 nitrogen and oxygen atoms in total. The molecule has 2 aromatic rings. The highest BCUT2D eigenvalue weighted by Crippen LogP contribution is 2.30. The Hall–Kier alpha value is -1.81. The first kappa shape index (κ1) is 13.2. The number of fused-ring (bicyclic) bond motifs is 1. The second-order valence-corrected chi connectivity index (χ2v) is 5.04. The lowest BCUT2D eigenvalue weighted by Crippen LogP contribution is -2.36. The molecule has 1 aliphatic rings. The van der Waals surface area contributed by atoms with Crippen LogP contribution in [0.15, 0.2) is 36.5 Å². The number of nitrogens with zero attached hydrogens (tertiary/aromatic N) is 2. The lowest BCUT2D eigenvalue weighted by molar-refractivity contribution is -0.116. The van der Waals surface area contributed by atoms with Gasteiger partial charge in [0.2, 0.25) is 5.91 Å². The standard InChI is InChI=1S/C15H14ClFN2O/c16-10-15(20)19-8-1-2-13-14(19)7-9-18(13)12-5-3-11(17)4-6-12/h3-7,9H,1-2,8,10H2. The third-order valence-corrected chi connectivity index (χ3v) is 3.80. The van der Waals surface area contributed by atoms with Crippen molar-refractivity contribution >= 4 is 23.2 Å². The maximum atomic E-state index is 13.0. The number of amides is 1. The van der Waals surface area contributed by atoms with Gasteiger partial charge in [-0.1, -0.05) is 0 Å². The molecule has 0 fully saturated rings. The molecule has 1 amide bonds. The van der Waals surface area contributed by atoms with Gasteiger partial charge in [0.1, 0.15) is 11.7 Å². The third kappa shape index (κ3) is 2.20. The van der Waals surface area contributed by atoms with Crippen LogP contribution in [0.5, 0.6) is 0 Å². The molecule has 0 radical (unpaired) electrons. The number of rotatable bonds is 2. The Balaban J connectivity index is 2.02. The number of hydrogen-bond acceptors (Lipinski definition) is 1. The lowest BCUT2D eigenvalue weighted by Gasteiger charge is -2.27. The Kier molecular flexibility index (Phi) is 3.49. The fourth-order valence-corrected chi connectivity index (χ4v) is 2.79. The summed E-state index contributed by atoms with van der Waals surface area (Å²) < 4.78 is 15.0. The normalized spacial score (nSPS) is 14.2. The molecular formula is C15H14ClFN2O. The largest absolute Gasteiger partial charge is 0.319 e. The highest BCUT2D eigenvalue weighted by molar-refractivity contribution is 6.29. The zero-order valence-corrected chi connectivity index (χ0v) is 11.6. The van der Waals surface area contributed by atoms with Crippen molar-refractivity contribution in [2.24, 2.45) is 0 Å². The second-order valence-electron chi connectivity index (χ2n) is 4.78. The summed E-state index contributed by atoms with van der Waals surface area (Å²) in [6, 6.07) is 8.26. The summed E-state index contributed by atoms with van der Waals surface area (Å²) in [6.07, 6.45) is 3.71. The molecule has 0 aliphatic carbocycles. The van der Waals surface area contributed by atoms with Gasteiger partial charge in [0.25, 0.3) is 0 Å². The van der Waals surface area contributed by atoms with E-state index >= 15 is 0 Å². The Morgan fingerprint density at radius 2 is 2.00 bits per heavy atom. The van der Waals surface area contributed by atoms with E-state index in [0.29, 0.717) is 6.54 Å². The Bertz CT molecular complexity index is 636.